The van der Waals surface area contributed by atoms with Crippen LogP contribution in [0.1, 0.15) is 16.7 Å². The molecule has 0 aliphatic rings. The Bertz CT molecular complexity index is 1250. The Morgan fingerprint density at radius 1 is 0.394 bits per heavy atom. The van der Waals surface area contributed by atoms with Crippen LogP contribution in [-0.4, -0.2) is 0 Å². The molecule has 0 saturated carbocycles. The van der Waals surface area contributed by atoms with Crippen LogP contribution in [0.25, 0.3) is 0 Å². The molecule has 0 nitrogen and oxygen atoms in total. The second kappa shape index (κ2) is 9.57. The molecule has 162 valence electrons. The first-order valence-corrected chi connectivity index (χ1v) is 13.6. The molecule has 0 saturated heterocycles. The summed E-state index contributed by atoms with van der Waals surface area (Å²) in [5, 5.41) is 5.66. The molecular weight excluding hydrogens is 415 g/mol. The van der Waals surface area contributed by atoms with E-state index in [0.717, 1.165) is 6.42 Å². The fraction of sp³-hybridized carbons (Fsp3) is 0.0625. The summed E-state index contributed by atoms with van der Waals surface area (Å²) >= 11 is 0. The van der Waals surface area contributed by atoms with Crippen molar-refractivity contribution in [3.05, 3.63) is 156 Å². The molecule has 0 aliphatic carbocycles. The van der Waals surface area contributed by atoms with Crippen molar-refractivity contribution < 1.29 is 0 Å². The van der Waals surface area contributed by atoms with Crippen LogP contribution in [0.2, 0.25) is 0 Å². The van der Waals surface area contributed by atoms with E-state index in [1.165, 1.54) is 37.9 Å². The zero-order chi connectivity index (χ0) is 22.5. The van der Waals surface area contributed by atoms with Crippen LogP contribution < -0.4 is 21.2 Å². The standard InChI is InChI=1S/C32H29P/c1-26-17-21-31(22-18-26)33(29-13-7-3-8-14-29,30-15-9-4-10-16-30)32-23-19-28(20-24-32)25-27-11-5-2-6-12-27/h2-24,33H,25H2,1H3. The van der Waals surface area contributed by atoms with E-state index in [1.807, 2.05) is 0 Å². The Kier molecular flexibility index (Phi) is 6.20. The maximum absolute atomic E-state index is 2.44. The number of hydrogen-bond donors (Lipinski definition) is 0. The van der Waals surface area contributed by atoms with Gasteiger partial charge in [-0.3, -0.25) is 0 Å². The predicted molar refractivity (Wildman–Crippen MR) is 147 cm³/mol. The van der Waals surface area contributed by atoms with Gasteiger partial charge in [0.25, 0.3) is 0 Å². The molecule has 0 heterocycles. The Labute approximate surface area is 197 Å². The summed E-state index contributed by atoms with van der Waals surface area (Å²) in [5.41, 5.74) is 3.98. The van der Waals surface area contributed by atoms with Gasteiger partial charge >= 0.3 is 198 Å². The summed E-state index contributed by atoms with van der Waals surface area (Å²) in [6.45, 7) is 2.16. The molecule has 0 fully saturated rings. The van der Waals surface area contributed by atoms with Crippen molar-refractivity contribution in [1.29, 1.82) is 0 Å². The van der Waals surface area contributed by atoms with E-state index in [-0.39, 0.29) is 0 Å². The minimum atomic E-state index is -2.44. The zero-order valence-electron chi connectivity index (χ0n) is 19.0. The first kappa shape index (κ1) is 21.4. The first-order chi connectivity index (χ1) is 16.3. The van der Waals surface area contributed by atoms with Crippen LogP contribution >= 0.6 is 7.26 Å². The number of benzene rings is 5. The Morgan fingerprint density at radius 2 is 0.758 bits per heavy atom. The van der Waals surface area contributed by atoms with Crippen molar-refractivity contribution in [3.63, 3.8) is 0 Å². The van der Waals surface area contributed by atoms with E-state index in [1.54, 1.807) is 0 Å². The molecule has 0 aliphatic heterocycles. The molecular formula is C32H29P. The van der Waals surface area contributed by atoms with Crippen LogP contribution in [0.3, 0.4) is 0 Å². The molecule has 33 heavy (non-hydrogen) atoms. The third kappa shape index (κ3) is 4.28. The summed E-state index contributed by atoms with van der Waals surface area (Å²) in [4.78, 5) is 0. The van der Waals surface area contributed by atoms with Gasteiger partial charge in [0, 0.05) is 0 Å². The van der Waals surface area contributed by atoms with Crippen molar-refractivity contribution in [3.8, 4) is 0 Å². The van der Waals surface area contributed by atoms with Gasteiger partial charge < -0.3 is 0 Å². The molecule has 0 N–H and O–H groups in total. The topological polar surface area (TPSA) is 0 Å². The second-order valence-electron chi connectivity index (χ2n) is 8.71. The van der Waals surface area contributed by atoms with Crippen LogP contribution in [0.4, 0.5) is 0 Å². The van der Waals surface area contributed by atoms with E-state index in [0.29, 0.717) is 0 Å². The molecule has 5 rings (SSSR count). The van der Waals surface area contributed by atoms with E-state index in [9.17, 15) is 0 Å². The van der Waals surface area contributed by atoms with Gasteiger partial charge in [0.2, 0.25) is 0 Å². The monoisotopic (exact) mass is 444 g/mol. The quantitative estimate of drug-likeness (QED) is 0.285. The summed E-state index contributed by atoms with van der Waals surface area (Å²) in [7, 11) is -2.44. The Hall–Kier alpha value is -3.47. The number of hydrogen-bond acceptors (Lipinski definition) is 0. The normalized spacial score (nSPS) is 11.8. The molecule has 1 heteroatoms. The Balaban J connectivity index is 1.70. The molecule has 5 aromatic rings. The fourth-order valence-corrected chi connectivity index (χ4v) is 9.60. The summed E-state index contributed by atoms with van der Waals surface area (Å²) in [6.07, 6.45) is 0.955. The minimum absolute atomic E-state index is 0.955. The van der Waals surface area contributed by atoms with Gasteiger partial charge in [0.05, 0.1) is 0 Å². The molecule has 0 atom stereocenters. The molecule has 0 spiro atoms. The second-order valence-corrected chi connectivity index (χ2v) is 12.5. The van der Waals surface area contributed by atoms with Gasteiger partial charge in [-0.25, -0.2) is 0 Å². The molecule has 0 radical (unpaired) electrons. The zero-order valence-corrected chi connectivity index (χ0v) is 20.0. The predicted octanol–water partition coefficient (Wildman–Crippen LogP) is 5.94. The van der Waals surface area contributed by atoms with Crippen molar-refractivity contribution in [2.45, 2.75) is 13.3 Å². The summed E-state index contributed by atoms with van der Waals surface area (Å²) in [5.74, 6) is 0. The van der Waals surface area contributed by atoms with E-state index in [4.69, 9.17) is 0 Å². The third-order valence-corrected chi connectivity index (χ3v) is 11.3. The van der Waals surface area contributed by atoms with Crippen LogP contribution in [0.15, 0.2) is 140 Å². The van der Waals surface area contributed by atoms with Gasteiger partial charge in [-0.05, 0) is 0 Å². The molecule has 0 amide bonds. The average molecular weight is 445 g/mol. The van der Waals surface area contributed by atoms with Crippen LogP contribution in [-0.2, 0) is 6.42 Å². The van der Waals surface area contributed by atoms with Crippen LogP contribution in [0, 0.1) is 6.92 Å². The van der Waals surface area contributed by atoms with E-state index in [2.05, 4.69) is 146 Å². The van der Waals surface area contributed by atoms with Gasteiger partial charge in [0.1, 0.15) is 0 Å². The van der Waals surface area contributed by atoms with Crippen LogP contribution in [0.5, 0.6) is 0 Å². The molecule has 0 bridgehead atoms. The number of rotatable bonds is 6. The van der Waals surface area contributed by atoms with Crippen molar-refractivity contribution in [2.75, 3.05) is 0 Å². The SMILES string of the molecule is Cc1ccc([PH](c2ccccc2)(c2ccccc2)c2ccc(Cc3ccccc3)cc2)cc1. The summed E-state index contributed by atoms with van der Waals surface area (Å²) in [6, 6.07) is 51.5. The van der Waals surface area contributed by atoms with Gasteiger partial charge in [-0.1, -0.05) is 0 Å². The average Bonchev–Trinajstić information content (AvgIpc) is 2.88. The first-order valence-electron chi connectivity index (χ1n) is 11.6. The van der Waals surface area contributed by atoms with Gasteiger partial charge in [0.15, 0.2) is 0 Å². The molecule has 0 unspecified atom stereocenters. The van der Waals surface area contributed by atoms with E-state index >= 15 is 0 Å². The fourth-order valence-electron chi connectivity index (χ4n) is 4.88. The van der Waals surface area contributed by atoms with Gasteiger partial charge in [-0.2, -0.15) is 0 Å². The van der Waals surface area contributed by atoms with E-state index < -0.39 is 7.26 Å². The Morgan fingerprint density at radius 3 is 1.24 bits per heavy atom. The molecule has 0 aromatic heterocycles. The summed E-state index contributed by atoms with van der Waals surface area (Å²) < 4.78 is 0. The van der Waals surface area contributed by atoms with Crippen molar-refractivity contribution in [2.24, 2.45) is 0 Å². The van der Waals surface area contributed by atoms with Crippen molar-refractivity contribution in [1.82, 2.24) is 0 Å². The van der Waals surface area contributed by atoms with Crippen molar-refractivity contribution >= 4 is 28.5 Å². The maximum atomic E-state index is 2.38. The number of aryl methyl sites for hydroxylation is 1. The molecule has 5 aromatic carbocycles. The third-order valence-electron chi connectivity index (χ3n) is 6.54. The van der Waals surface area contributed by atoms with Gasteiger partial charge in [-0.15, -0.1) is 0 Å².